The number of imidazole rings is 1. The number of aryl methyl sites for hydroxylation is 1. The number of nitrogens with zero attached hydrogens (tertiary/aromatic N) is 3. The Morgan fingerprint density at radius 2 is 2.00 bits per heavy atom. The molecule has 0 unspecified atom stereocenters. The predicted molar refractivity (Wildman–Crippen MR) is 102 cm³/mol. The van der Waals surface area contributed by atoms with E-state index in [4.69, 9.17) is 5.26 Å². The molecule has 0 saturated heterocycles. The highest BCUT2D eigenvalue weighted by Crippen LogP contribution is 2.16. The lowest BCUT2D eigenvalue weighted by molar-refractivity contribution is -0.130. The molecule has 0 saturated carbocycles. The van der Waals surface area contributed by atoms with Gasteiger partial charge in [0.05, 0.1) is 17.6 Å². The van der Waals surface area contributed by atoms with E-state index < -0.39 is 0 Å². The Labute approximate surface area is 156 Å². The third kappa shape index (κ3) is 3.75. The second-order valence-electron chi connectivity index (χ2n) is 6.62. The first-order valence-corrected chi connectivity index (χ1v) is 8.70. The fourth-order valence-corrected chi connectivity index (χ4v) is 3.24. The van der Waals surface area contributed by atoms with Gasteiger partial charge in [0.2, 0.25) is 5.91 Å². The number of H-pyrrole nitrogens is 2. The van der Waals surface area contributed by atoms with E-state index in [1.54, 1.807) is 25.8 Å². The number of para-hydroxylation sites is 2. The normalized spacial score (nSPS) is 10.7. The van der Waals surface area contributed by atoms with Gasteiger partial charge in [-0.15, -0.1) is 0 Å². The molecule has 27 heavy (non-hydrogen) atoms. The first-order valence-electron chi connectivity index (χ1n) is 8.70. The minimum absolute atomic E-state index is 0.0287. The quantitative estimate of drug-likeness (QED) is 0.725. The molecule has 2 heterocycles. The van der Waals surface area contributed by atoms with Gasteiger partial charge in [-0.1, -0.05) is 12.1 Å². The summed E-state index contributed by atoms with van der Waals surface area (Å²) in [6, 6.07) is 9.66. The Hall–Kier alpha value is -3.40. The molecule has 1 amide bonds. The van der Waals surface area contributed by atoms with Crippen molar-refractivity contribution >= 4 is 16.9 Å². The Kier molecular flexibility index (Phi) is 5.08. The summed E-state index contributed by atoms with van der Waals surface area (Å²) in [5, 5.41) is 9.15. The number of hydrogen-bond acceptors (Lipinski definition) is 4. The topological polar surface area (TPSA) is 106 Å². The molecule has 2 N–H and O–H groups in total. The number of carbonyl (C=O) groups excluding carboxylic acids is 1. The number of aromatic nitrogens is 3. The first-order chi connectivity index (χ1) is 12.9. The van der Waals surface area contributed by atoms with Crippen molar-refractivity contribution in [3.8, 4) is 6.07 Å². The summed E-state index contributed by atoms with van der Waals surface area (Å²) < 4.78 is 0. The SMILES string of the molecule is Cc1[nH]c(=O)c(C#N)c(C)c1CCC(=O)N(C)Cc1nc2ccccc2[nH]1. The van der Waals surface area contributed by atoms with E-state index in [-0.39, 0.29) is 23.5 Å². The van der Waals surface area contributed by atoms with E-state index in [1.165, 1.54) is 0 Å². The number of hydrogen-bond donors (Lipinski definition) is 2. The number of nitriles is 1. The van der Waals surface area contributed by atoms with Gasteiger partial charge >= 0.3 is 0 Å². The summed E-state index contributed by atoms with van der Waals surface area (Å²) in [7, 11) is 1.74. The summed E-state index contributed by atoms with van der Waals surface area (Å²) >= 11 is 0. The van der Waals surface area contributed by atoms with Crippen LogP contribution in [-0.4, -0.2) is 32.8 Å². The monoisotopic (exact) mass is 363 g/mol. The summed E-state index contributed by atoms with van der Waals surface area (Å²) in [4.78, 5) is 36.3. The summed E-state index contributed by atoms with van der Waals surface area (Å²) in [5.41, 5.74) is 3.73. The number of benzene rings is 1. The van der Waals surface area contributed by atoms with Crippen LogP contribution in [0.25, 0.3) is 11.0 Å². The zero-order chi connectivity index (χ0) is 19.6. The van der Waals surface area contributed by atoms with Gasteiger partial charge < -0.3 is 14.9 Å². The van der Waals surface area contributed by atoms with Crippen molar-refractivity contribution in [3.63, 3.8) is 0 Å². The van der Waals surface area contributed by atoms with Crippen molar-refractivity contribution < 1.29 is 4.79 Å². The van der Waals surface area contributed by atoms with Gasteiger partial charge in [0.25, 0.3) is 5.56 Å². The minimum Gasteiger partial charge on any atom is -0.340 e. The average Bonchev–Trinajstić information content (AvgIpc) is 3.03. The van der Waals surface area contributed by atoms with Crippen molar-refractivity contribution in [1.82, 2.24) is 19.9 Å². The van der Waals surface area contributed by atoms with Gasteiger partial charge in [0.15, 0.2) is 0 Å². The van der Waals surface area contributed by atoms with Crippen molar-refractivity contribution in [2.45, 2.75) is 33.2 Å². The van der Waals surface area contributed by atoms with E-state index in [0.29, 0.717) is 24.2 Å². The maximum atomic E-state index is 12.5. The lowest BCUT2D eigenvalue weighted by atomic mass is 9.99. The van der Waals surface area contributed by atoms with Crippen LogP contribution in [0.1, 0.15) is 34.6 Å². The molecule has 7 heteroatoms. The van der Waals surface area contributed by atoms with E-state index in [9.17, 15) is 9.59 Å². The number of nitrogens with one attached hydrogen (secondary N) is 2. The van der Waals surface area contributed by atoms with Crippen molar-refractivity contribution in [2.24, 2.45) is 0 Å². The van der Waals surface area contributed by atoms with Gasteiger partial charge in [0, 0.05) is 19.2 Å². The molecule has 0 atom stereocenters. The van der Waals surface area contributed by atoms with E-state index in [0.717, 1.165) is 22.4 Å². The first kappa shape index (κ1) is 18.4. The summed E-state index contributed by atoms with van der Waals surface area (Å²) in [6.07, 6.45) is 0.752. The Balaban J connectivity index is 1.69. The van der Waals surface area contributed by atoms with Gasteiger partial charge in [-0.2, -0.15) is 5.26 Å². The number of aromatic amines is 2. The van der Waals surface area contributed by atoms with Crippen LogP contribution in [0.15, 0.2) is 29.1 Å². The van der Waals surface area contributed by atoms with Crippen LogP contribution in [0.4, 0.5) is 0 Å². The highest BCUT2D eigenvalue weighted by atomic mass is 16.2. The molecule has 1 aromatic carbocycles. The van der Waals surface area contributed by atoms with Crippen LogP contribution < -0.4 is 5.56 Å². The second kappa shape index (κ2) is 7.46. The molecule has 0 aliphatic carbocycles. The fourth-order valence-electron chi connectivity index (χ4n) is 3.24. The molecular formula is C20H21N5O2. The predicted octanol–water partition coefficient (Wildman–Crippen LogP) is 2.33. The van der Waals surface area contributed by atoms with E-state index in [1.807, 2.05) is 30.3 Å². The number of pyridine rings is 1. The number of amides is 1. The minimum atomic E-state index is -0.385. The van der Waals surface area contributed by atoms with Gasteiger partial charge in [-0.25, -0.2) is 4.98 Å². The van der Waals surface area contributed by atoms with Crippen molar-refractivity contribution in [1.29, 1.82) is 5.26 Å². The highest BCUT2D eigenvalue weighted by molar-refractivity contribution is 5.77. The smallest absolute Gasteiger partial charge is 0.266 e. The average molecular weight is 363 g/mol. The molecule has 0 bridgehead atoms. The molecule has 7 nitrogen and oxygen atoms in total. The third-order valence-electron chi connectivity index (χ3n) is 4.76. The van der Waals surface area contributed by atoms with Crippen molar-refractivity contribution in [3.05, 3.63) is 62.8 Å². The molecule has 0 aliphatic heterocycles. The molecule has 0 fully saturated rings. The molecule has 0 radical (unpaired) electrons. The number of carbonyl (C=O) groups is 1. The molecule has 138 valence electrons. The highest BCUT2D eigenvalue weighted by Gasteiger charge is 2.16. The molecule has 2 aromatic heterocycles. The van der Waals surface area contributed by atoms with Crippen LogP contribution in [-0.2, 0) is 17.8 Å². The maximum Gasteiger partial charge on any atom is 0.266 e. The van der Waals surface area contributed by atoms with Gasteiger partial charge in [0.1, 0.15) is 17.5 Å². The Morgan fingerprint density at radius 3 is 2.70 bits per heavy atom. The molecular weight excluding hydrogens is 342 g/mol. The maximum absolute atomic E-state index is 12.5. The van der Waals surface area contributed by atoms with Crippen LogP contribution in [0.2, 0.25) is 0 Å². The zero-order valence-electron chi connectivity index (χ0n) is 15.6. The van der Waals surface area contributed by atoms with Crippen molar-refractivity contribution in [2.75, 3.05) is 7.05 Å². The summed E-state index contributed by atoms with van der Waals surface area (Å²) in [6.45, 7) is 3.92. The van der Waals surface area contributed by atoms with Crippen LogP contribution in [0, 0.1) is 25.2 Å². The van der Waals surface area contributed by atoms with Crippen LogP contribution in [0.3, 0.4) is 0 Å². The van der Waals surface area contributed by atoms with E-state index >= 15 is 0 Å². The van der Waals surface area contributed by atoms with Crippen LogP contribution >= 0.6 is 0 Å². The lowest BCUT2D eigenvalue weighted by Crippen LogP contribution is -2.27. The van der Waals surface area contributed by atoms with Gasteiger partial charge in [-0.05, 0) is 43.5 Å². The fraction of sp³-hybridized carbons (Fsp3) is 0.300. The second-order valence-corrected chi connectivity index (χ2v) is 6.62. The molecule has 0 spiro atoms. The van der Waals surface area contributed by atoms with Gasteiger partial charge in [-0.3, -0.25) is 9.59 Å². The lowest BCUT2D eigenvalue weighted by Gasteiger charge is -2.17. The zero-order valence-corrected chi connectivity index (χ0v) is 15.6. The standard InChI is InChI=1S/C20H21N5O2/c1-12-14(13(2)22-20(27)15(12)10-21)8-9-19(26)25(3)11-18-23-16-6-4-5-7-17(16)24-18/h4-7H,8-9,11H2,1-3H3,(H,22,27)(H,23,24). The van der Waals surface area contributed by atoms with Crippen LogP contribution in [0.5, 0.6) is 0 Å². The largest absolute Gasteiger partial charge is 0.340 e. The number of fused-ring (bicyclic) bond motifs is 1. The third-order valence-corrected chi connectivity index (χ3v) is 4.76. The molecule has 3 aromatic rings. The summed E-state index contributed by atoms with van der Waals surface area (Å²) in [5.74, 6) is 0.703. The molecule has 3 rings (SSSR count). The van der Waals surface area contributed by atoms with E-state index in [2.05, 4.69) is 15.0 Å². The molecule has 0 aliphatic rings. The number of rotatable bonds is 5. The Bertz CT molecular complexity index is 1070. The Morgan fingerprint density at radius 1 is 1.26 bits per heavy atom.